The summed E-state index contributed by atoms with van der Waals surface area (Å²) in [6.07, 6.45) is 1.94. The fourth-order valence-corrected chi connectivity index (χ4v) is 2.07. The van der Waals surface area contributed by atoms with Crippen LogP contribution in [0, 0.1) is 5.92 Å². The van der Waals surface area contributed by atoms with Crippen LogP contribution in [0.4, 0.5) is 0 Å². The highest BCUT2D eigenvalue weighted by Gasteiger charge is 2.35. The molecule has 0 radical (unpaired) electrons. The molecule has 1 heterocycles. The third-order valence-corrected chi connectivity index (χ3v) is 3.48. The highest BCUT2D eigenvalue weighted by atomic mass is 16.3. The van der Waals surface area contributed by atoms with Crippen molar-refractivity contribution < 1.29 is 9.90 Å². The minimum Gasteiger partial charge on any atom is -0.396 e. The molecule has 4 nitrogen and oxygen atoms in total. The SMILES string of the molecule is CCCNC1CCN(C(C)C(C)CO)C1=O. The van der Waals surface area contributed by atoms with E-state index in [-0.39, 0.29) is 30.5 Å². The van der Waals surface area contributed by atoms with E-state index in [9.17, 15) is 4.79 Å². The first-order valence-corrected chi connectivity index (χ1v) is 6.26. The highest BCUT2D eigenvalue weighted by molar-refractivity contribution is 5.84. The summed E-state index contributed by atoms with van der Waals surface area (Å²) in [5.41, 5.74) is 0. The van der Waals surface area contributed by atoms with Crippen molar-refractivity contribution in [3.63, 3.8) is 0 Å². The monoisotopic (exact) mass is 228 g/mol. The van der Waals surface area contributed by atoms with E-state index in [1.807, 2.05) is 18.7 Å². The number of hydrogen-bond donors (Lipinski definition) is 2. The van der Waals surface area contributed by atoms with Gasteiger partial charge in [0, 0.05) is 19.2 Å². The van der Waals surface area contributed by atoms with Crippen molar-refractivity contribution in [3.05, 3.63) is 0 Å². The van der Waals surface area contributed by atoms with Gasteiger partial charge in [-0.25, -0.2) is 0 Å². The number of nitrogens with one attached hydrogen (secondary N) is 1. The molecule has 1 aliphatic heterocycles. The predicted octanol–water partition coefficient (Wildman–Crippen LogP) is 0.604. The molecule has 1 aliphatic rings. The first kappa shape index (κ1) is 13.5. The zero-order chi connectivity index (χ0) is 12.1. The minimum absolute atomic E-state index is 0.00621. The van der Waals surface area contributed by atoms with Crippen molar-refractivity contribution in [2.45, 2.75) is 45.7 Å². The van der Waals surface area contributed by atoms with Gasteiger partial charge in [-0.3, -0.25) is 4.79 Å². The highest BCUT2D eigenvalue weighted by Crippen LogP contribution is 2.19. The van der Waals surface area contributed by atoms with Gasteiger partial charge in [0.25, 0.3) is 0 Å². The number of hydrogen-bond acceptors (Lipinski definition) is 3. The van der Waals surface area contributed by atoms with E-state index in [4.69, 9.17) is 5.11 Å². The molecule has 1 rings (SSSR count). The summed E-state index contributed by atoms with van der Waals surface area (Å²) in [5, 5.41) is 12.4. The Kier molecular flexibility index (Phi) is 5.22. The van der Waals surface area contributed by atoms with Gasteiger partial charge in [-0.05, 0) is 32.2 Å². The van der Waals surface area contributed by atoms with E-state index < -0.39 is 0 Å². The second-order valence-corrected chi connectivity index (χ2v) is 4.73. The van der Waals surface area contributed by atoms with Gasteiger partial charge in [0.2, 0.25) is 5.91 Å². The summed E-state index contributed by atoms with van der Waals surface area (Å²) in [7, 11) is 0. The maximum absolute atomic E-state index is 12.1. The lowest BCUT2D eigenvalue weighted by atomic mass is 10.0. The van der Waals surface area contributed by atoms with Crippen LogP contribution in [0.2, 0.25) is 0 Å². The Labute approximate surface area is 98.0 Å². The molecular weight excluding hydrogens is 204 g/mol. The number of aliphatic hydroxyl groups is 1. The predicted molar refractivity (Wildman–Crippen MR) is 64.1 cm³/mol. The van der Waals surface area contributed by atoms with Crippen LogP contribution in [0.25, 0.3) is 0 Å². The maximum atomic E-state index is 12.1. The van der Waals surface area contributed by atoms with Crippen molar-refractivity contribution in [1.29, 1.82) is 0 Å². The summed E-state index contributed by atoms with van der Waals surface area (Å²) < 4.78 is 0. The maximum Gasteiger partial charge on any atom is 0.240 e. The Balaban J connectivity index is 2.49. The second-order valence-electron chi connectivity index (χ2n) is 4.73. The number of amides is 1. The summed E-state index contributed by atoms with van der Waals surface area (Å²) in [5.74, 6) is 0.343. The molecule has 0 aromatic carbocycles. The normalized spacial score (nSPS) is 24.9. The molecule has 1 fully saturated rings. The van der Waals surface area contributed by atoms with Crippen LogP contribution < -0.4 is 5.32 Å². The van der Waals surface area contributed by atoms with Gasteiger partial charge >= 0.3 is 0 Å². The van der Waals surface area contributed by atoms with Crippen LogP contribution in [0.3, 0.4) is 0 Å². The van der Waals surface area contributed by atoms with Gasteiger partial charge in [-0.2, -0.15) is 0 Å². The number of carbonyl (C=O) groups is 1. The van der Waals surface area contributed by atoms with Crippen LogP contribution in [0.1, 0.15) is 33.6 Å². The molecular formula is C12H24N2O2. The number of carbonyl (C=O) groups excluding carboxylic acids is 1. The Morgan fingerprint density at radius 2 is 2.25 bits per heavy atom. The fraction of sp³-hybridized carbons (Fsp3) is 0.917. The smallest absolute Gasteiger partial charge is 0.240 e. The number of likely N-dealkylation sites (tertiary alicyclic amines) is 1. The van der Waals surface area contributed by atoms with E-state index >= 15 is 0 Å². The Hall–Kier alpha value is -0.610. The molecule has 0 spiro atoms. The van der Waals surface area contributed by atoms with Crippen LogP contribution in [-0.2, 0) is 4.79 Å². The molecule has 4 heteroatoms. The van der Waals surface area contributed by atoms with Gasteiger partial charge in [0.1, 0.15) is 0 Å². The Morgan fingerprint density at radius 3 is 2.81 bits per heavy atom. The topological polar surface area (TPSA) is 52.6 Å². The molecule has 1 amide bonds. The van der Waals surface area contributed by atoms with E-state index in [1.54, 1.807) is 0 Å². The summed E-state index contributed by atoms with van der Waals surface area (Å²) in [4.78, 5) is 14.0. The van der Waals surface area contributed by atoms with E-state index in [2.05, 4.69) is 12.2 Å². The molecule has 1 saturated heterocycles. The zero-order valence-electron chi connectivity index (χ0n) is 10.6. The third-order valence-electron chi connectivity index (χ3n) is 3.48. The van der Waals surface area contributed by atoms with E-state index in [1.165, 1.54) is 0 Å². The molecule has 94 valence electrons. The molecule has 2 N–H and O–H groups in total. The van der Waals surface area contributed by atoms with Gasteiger partial charge < -0.3 is 15.3 Å². The van der Waals surface area contributed by atoms with Crippen molar-refractivity contribution >= 4 is 5.91 Å². The van der Waals surface area contributed by atoms with Crippen molar-refractivity contribution in [1.82, 2.24) is 10.2 Å². The zero-order valence-corrected chi connectivity index (χ0v) is 10.6. The third kappa shape index (κ3) is 2.95. The average Bonchev–Trinajstić information content (AvgIpc) is 2.66. The first-order chi connectivity index (χ1) is 7.61. The number of aliphatic hydroxyl groups excluding tert-OH is 1. The first-order valence-electron chi connectivity index (χ1n) is 6.26. The summed E-state index contributed by atoms with van der Waals surface area (Å²) in [6.45, 7) is 7.93. The Bertz CT molecular complexity index is 233. The molecule has 0 bridgehead atoms. The lowest BCUT2D eigenvalue weighted by molar-refractivity contribution is -0.132. The van der Waals surface area contributed by atoms with Crippen LogP contribution in [0.15, 0.2) is 0 Å². The molecule has 0 saturated carbocycles. The van der Waals surface area contributed by atoms with Crippen LogP contribution in [-0.4, -0.2) is 47.7 Å². The average molecular weight is 228 g/mol. The van der Waals surface area contributed by atoms with Crippen molar-refractivity contribution in [2.24, 2.45) is 5.92 Å². The standard InChI is InChI=1S/C12H24N2O2/c1-4-6-13-11-5-7-14(12(11)16)10(3)9(2)8-15/h9-11,13,15H,4-8H2,1-3H3. The molecule has 3 unspecified atom stereocenters. The lowest BCUT2D eigenvalue weighted by Crippen LogP contribution is -2.44. The van der Waals surface area contributed by atoms with Crippen LogP contribution in [0.5, 0.6) is 0 Å². The van der Waals surface area contributed by atoms with Crippen LogP contribution >= 0.6 is 0 Å². The molecule has 0 aliphatic carbocycles. The van der Waals surface area contributed by atoms with Gasteiger partial charge in [0.05, 0.1) is 6.04 Å². The van der Waals surface area contributed by atoms with Gasteiger partial charge in [0.15, 0.2) is 0 Å². The number of rotatable bonds is 6. The Morgan fingerprint density at radius 1 is 1.56 bits per heavy atom. The molecule has 3 atom stereocenters. The summed E-state index contributed by atoms with van der Waals surface area (Å²) in [6, 6.07) is 0.124. The lowest BCUT2D eigenvalue weighted by Gasteiger charge is -2.29. The van der Waals surface area contributed by atoms with E-state index in [0.29, 0.717) is 0 Å². The molecule has 0 aromatic rings. The molecule has 0 aromatic heterocycles. The van der Waals surface area contributed by atoms with E-state index in [0.717, 1.165) is 25.9 Å². The van der Waals surface area contributed by atoms with Gasteiger partial charge in [-0.15, -0.1) is 0 Å². The molecule has 16 heavy (non-hydrogen) atoms. The largest absolute Gasteiger partial charge is 0.396 e. The number of nitrogens with zero attached hydrogens (tertiary/aromatic N) is 1. The minimum atomic E-state index is -0.00621. The van der Waals surface area contributed by atoms with Crippen molar-refractivity contribution in [3.8, 4) is 0 Å². The quantitative estimate of drug-likeness (QED) is 0.700. The van der Waals surface area contributed by atoms with Gasteiger partial charge in [-0.1, -0.05) is 13.8 Å². The summed E-state index contributed by atoms with van der Waals surface area (Å²) >= 11 is 0. The van der Waals surface area contributed by atoms with Crippen molar-refractivity contribution in [2.75, 3.05) is 19.7 Å². The fourth-order valence-electron chi connectivity index (χ4n) is 2.07. The second kappa shape index (κ2) is 6.21.